The van der Waals surface area contributed by atoms with E-state index < -0.39 is 0 Å². The van der Waals surface area contributed by atoms with Crippen LogP contribution in [-0.2, 0) is 0 Å². The molecule has 0 saturated heterocycles. The van der Waals surface area contributed by atoms with Crippen LogP contribution in [0.3, 0.4) is 0 Å². The number of benzene rings is 3. The molecule has 4 heteroatoms. The summed E-state index contributed by atoms with van der Waals surface area (Å²) < 4.78 is 2.51. The van der Waals surface area contributed by atoms with Crippen molar-refractivity contribution in [2.45, 2.75) is 13.8 Å². The van der Waals surface area contributed by atoms with Gasteiger partial charge in [-0.1, -0.05) is 35.3 Å². The Morgan fingerprint density at radius 2 is 1.00 bits per heavy atom. The van der Waals surface area contributed by atoms with Gasteiger partial charge in [-0.2, -0.15) is 0 Å². The molecular weight excluding hydrogens is 423 g/mol. The molecule has 5 rings (SSSR count). The van der Waals surface area contributed by atoms with Crippen LogP contribution in [0.25, 0.3) is 42.4 Å². The third-order valence-electron chi connectivity index (χ3n) is 5.45. The van der Waals surface area contributed by atoms with E-state index in [1.807, 2.05) is 0 Å². The van der Waals surface area contributed by atoms with Gasteiger partial charge in [0.25, 0.3) is 0 Å². The second kappa shape index (κ2) is 6.89. The van der Waals surface area contributed by atoms with Crippen LogP contribution >= 0.6 is 45.9 Å². The van der Waals surface area contributed by atoms with E-state index in [0.29, 0.717) is 0 Å². The van der Waals surface area contributed by atoms with Crippen molar-refractivity contribution in [2.24, 2.45) is 0 Å². The molecule has 0 saturated carbocycles. The van der Waals surface area contributed by atoms with E-state index in [0.717, 1.165) is 21.2 Å². The zero-order valence-electron chi connectivity index (χ0n) is 15.3. The van der Waals surface area contributed by atoms with Gasteiger partial charge in [-0.05, 0) is 94.0 Å². The highest BCUT2D eigenvalue weighted by molar-refractivity contribution is 7.17. The molecule has 5 aromatic rings. The lowest BCUT2D eigenvalue weighted by Gasteiger charge is -2.16. The fraction of sp³-hybridized carbons (Fsp3) is 0.0833. The van der Waals surface area contributed by atoms with Crippen LogP contribution < -0.4 is 0 Å². The van der Waals surface area contributed by atoms with E-state index in [1.165, 1.54) is 42.4 Å². The van der Waals surface area contributed by atoms with Gasteiger partial charge in [0.1, 0.15) is 0 Å². The fourth-order valence-corrected chi connectivity index (χ4v) is 5.95. The Morgan fingerprint density at radius 1 is 0.571 bits per heavy atom. The summed E-state index contributed by atoms with van der Waals surface area (Å²) in [5.74, 6) is 0. The average Bonchev–Trinajstić information content (AvgIpc) is 3.31. The van der Waals surface area contributed by atoms with E-state index in [4.69, 9.17) is 23.2 Å². The smallest absolute Gasteiger partial charge is 0.0491 e. The third-order valence-corrected chi connectivity index (χ3v) is 7.84. The SMILES string of the molecule is Cc1c(-c2cc3sccc3cc2Cl)ccc(-c2cc3sccc3cc2Cl)c1C. The lowest BCUT2D eigenvalue weighted by atomic mass is 9.90. The first-order valence-electron chi connectivity index (χ1n) is 8.97. The van der Waals surface area contributed by atoms with Gasteiger partial charge in [0, 0.05) is 30.6 Å². The molecule has 138 valence electrons. The van der Waals surface area contributed by atoms with E-state index >= 15 is 0 Å². The monoisotopic (exact) mass is 438 g/mol. The van der Waals surface area contributed by atoms with Gasteiger partial charge in [0.2, 0.25) is 0 Å². The van der Waals surface area contributed by atoms with Crippen molar-refractivity contribution in [3.63, 3.8) is 0 Å². The lowest BCUT2D eigenvalue weighted by molar-refractivity contribution is 1.34. The predicted molar refractivity (Wildman–Crippen MR) is 128 cm³/mol. The van der Waals surface area contributed by atoms with Crippen LogP contribution in [0.4, 0.5) is 0 Å². The number of thiophene rings is 2. The standard InChI is InChI=1S/C24H16Cl2S2/c1-13-14(2)18(20-12-24-16(6-8-28-24)10-22(20)26)4-3-17(13)19-11-23-15(5-7-27-23)9-21(19)25/h3-12H,1-2H3. The van der Waals surface area contributed by atoms with Crippen molar-refractivity contribution < 1.29 is 0 Å². The van der Waals surface area contributed by atoms with Gasteiger partial charge < -0.3 is 0 Å². The quantitative estimate of drug-likeness (QED) is 0.257. The zero-order chi connectivity index (χ0) is 19.4. The van der Waals surface area contributed by atoms with Crippen molar-refractivity contribution in [1.82, 2.24) is 0 Å². The maximum absolute atomic E-state index is 6.64. The summed E-state index contributed by atoms with van der Waals surface area (Å²) in [7, 11) is 0. The molecule has 2 heterocycles. The van der Waals surface area contributed by atoms with Gasteiger partial charge in [-0.25, -0.2) is 0 Å². The first-order chi connectivity index (χ1) is 13.5. The first-order valence-corrected chi connectivity index (χ1v) is 11.5. The van der Waals surface area contributed by atoms with Gasteiger partial charge in [-0.3, -0.25) is 0 Å². The maximum Gasteiger partial charge on any atom is 0.0491 e. The Kier molecular flexibility index (Phi) is 4.48. The van der Waals surface area contributed by atoms with Crippen molar-refractivity contribution in [3.8, 4) is 22.3 Å². The van der Waals surface area contributed by atoms with Gasteiger partial charge >= 0.3 is 0 Å². The Labute approximate surface area is 182 Å². The molecule has 0 fully saturated rings. The molecule has 0 N–H and O–H groups in total. The van der Waals surface area contributed by atoms with Crippen LogP contribution in [0.15, 0.2) is 59.3 Å². The minimum Gasteiger partial charge on any atom is -0.144 e. The summed E-state index contributed by atoms with van der Waals surface area (Å²) in [6.45, 7) is 4.33. The zero-order valence-corrected chi connectivity index (χ0v) is 18.5. The second-order valence-corrected chi connectivity index (χ2v) is 9.70. The summed E-state index contributed by atoms with van der Waals surface area (Å²) in [6, 6.07) is 17.1. The van der Waals surface area contributed by atoms with Gasteiger partial charge in [-0.15, -0.1) is 22.7 Å². The van der Waals surface area contributed by atoms with Crippen LogP contribution in [0.2, 0.25) is 10.0 Å². The molecule has 28 heavy (non-hydrogen) atoms. The minimum absolute atomic E-state index is 0.791. The molecule has 0 unspecified atom stereocenters. The van der Waals surface area contributed by atoms with Crippen molar-refractivity contribution in [1.29, 1.82) is 0 Å². The fourth-order valence-electron chi connectivity index (χ4n) is 3.78. The van der Waals surface area contributed by atoms with Crippen molar-refractivity contribution >= 4 is 66.0 Å². The summed E-state index contributed by atoms with van der Waals surface area (Å²) in [4.78, 5) is 0. The lowest BCUT2D eigenvalue weighted by Crippen LogP contribution is -1.93. The summed E-state index contributed by atoms with van der Waals surface area (Å²) >= 11 is 16.8. The highest BCUT2D eigenvalue weighted by Gasteiger charge is 2.15. The molecule has 0 radical (unpaired) electrons. The van der Waals surface area contributed by atoms with Crippen molar-refractivity contribution in [2.75, 3.05) is 0 Å². The molecule has 0 atom stereocenters. The average molecular weight is 439 g/mol. The molecule has 0 nitrogen and oxygen atoms in total. The van der Waals surface area contributed by atoms with E-state index in [9.17, 15) is 0 Å². The molecule has 0 bridgehead atoms. The maximum atomic E-state index is 6.64. The Bertz CT molecular complexity index is 1250. The summed E-state index contributed by atoms with van der Waals surface area (Å²) in [6.07, 6.45) is 0. The largest absolute Gasteiger partial charge is 0.144 e. The number of hydrogen-bond acceptors (Lipinski definition) is 2. The van der Waals surface area contributed by atoms with E-state index in [-0.39, 0.29) is 0 Å². The van der Waals surface area contributed by atoms with Crippen LogP contribution in [0, 0.1) is 13.8 Å². The molecule has 3 aromatic carbocycles. The minimum atomic E-state index is 0.791. The van der Waals surface area contributed by atoms with Gasteiger partial charge in [0.15, 0.2) is 0 Å². The van der Waals surface area contributed by atoms with E-state index in [2.05, 4.69) is 73.1 Å². The summed E-state index contributed by atoms with van der Waals surface area (Å²) in [5.41, 5.74) is 6.99. The molecule has 0 aliphatic carbocycles. The predicted octanol–water partition coefficient (Wildman–Crippen LogP) is 9.37. The summed E-state index contributed by atoms with van der Waals surface area (Å²) in [5, 5.41) is 8.18. The number of rotatable bonds is 2. The molecule has 0 spiro atoms. The topological polar surface area (TPSA) is 0 Å². The molecule has 0 aliphatic heterocycles. The molecule has 0 amide bonds. The van der Waals surface area contributed by atoms with Gasteiger partial charge in [0.05, 0.1) is 0 Å². The highest BCUT2D eigenvalue weighted by atomic mass is 35.5. The van der Waals surface area contributed by atoms with Crippen LogP contribution in [0.1, 0.15) is 11.1 Å². The number of hydrogen-bond donors (Lipinski definition) is 0. The van der Waals surface area contributed by atoms with Crippen molar-refractivity contribution in [3.05, 3.63) is 80.5 Å². The Hall–Kier alpha value is -1.84. The number of fused-ring (bicyclic) bond motifs is 2. The van der Waals surface area contributed by atoms with Crippen LogP contribution in [-0.4, -0.2) is 0 Å². The van der Waals surface area contributed by atoms with Crippen LogP contribution in [0.5, 0.6) is 0 Å². The normalized spacial score (nSPS) is 11.6. The Morgan fingerprint density at radius 3 is 1.43 bits per heavy atom. The Balaban J connectivity index is 1.69. The number of halogens is 2. The molecular formula is C24H16Cl2S2. The third kappa shape index (κ3) is 2.87. The molecule has 0 aliphatic rings. The highest BCUT2D eigenvalue weighted by Crippen LogP contribution is 2.41. The van der Waals surface area contributed by atoms with E-state index in [1.54, 1.807) is 22.7 Å². The second-order valence-electron chi connectivity index (χ2n) is 6.99. The molecule has 2 aromatic heterocycles. The first kappa shape index (κ1) is 18.2.